The van der Waals surface area contributed by atoms with E-state index in [2.05, 4.69) is 0 Å². The molecule has 0 saturated heterocycles. The Morgan fingerprint density at radius 2 is 1.93 bits per heavy atom. The standard InChI is InChI=1S/C9H6F4O2/c10-6-2-1-5(4-9(11,12)13)7(3-6)8(14)15/h1-3H,4H2,(H,14,15). The van der Waals surface area contributed by atoms with Gasteiger partial charge in [-0.25, -0.2) is 9.18 Å². The van der Waals surface area contributed by atoms with Gasteiger partial charge in [0.15, 0.2) is 0 Å². The number of halogens is 4. The molecule has 1 aromatic rings. The zero-order valence-corrected chi connectivity index (χ0v) is 7.31. The minimum absolute atomic E-state index is 0.448. The van der Waals surface area contributed by atoms with Crippen LogP contribution >= 0.6 is 0 Å². The topological polar surface area (TPSA) is 37.3 Å². The van der Waals surface area contributed by atoms with E-state index >= 15 is 0 Å². The molecule has 82 valence electrons. The molecule has 1 rings (SSSR count). The van der Waals surface area contributed by atoms with Crippen LogP contribution in [-0.2, 0) is 6.42 Å². The third-order valence-electron chi connectivity index (χ3n) is 1.69. The summed E-state index contributed by atoms with van der Waals surface area (Å²) >= 11 is 0. The van der Waals surface area contributed by atoms with Crippen LogP contribution in [0.15, 0.2) is 18.2 Å². The molecule has 0 aliphatic rings. The molecule has 0 aliphatic carbocycles. The van der Waals surface area contributed by atoms with Crippen molar-refractivity contribution in [1.82, 2.24) is 0 Å². The van der Waals surface area contributed by atoms with Gasteiger partial charge in [0.2, 0.25) is 0 Å². The zero-order valence-electron chi connectivity index (χ0n) is 7.31. The van der Waals surface area contributed by atoms with Gasteiger partial charge in [-0.15, -0.1) is 0 Å². The normalized spacial score (nSPS) is 11.5. The molecule has 0 aliphatic heterocycles. The summed E-state index contributed by atoms with van der Waals surface area (Å²) < 4.78 is 48.6. The largest absolute Gasteiger partial charge is 0.478 e. The molecule has 1 N–H and O–H groups in total. The monoisotopic (exact) mass is 222 g/mol. The summed E-state index contributed by atoms with van der Waals surface area (Å²) in [6.45, 7) is 0. The Kier molecular flexibility index (Phi) is 2.97. The molecule has 0 saturated carbocycles. The summed E-state index contributed by atoms with van der Waals surface area (Å²) in [5, 5.41) is 8.55. The quantitative estimate of drug-likeness (QED) is 0.781. The van der Waals surface area contributed by atoms with Crippen molar-refractivity contribution in [2.24, 2.45) is 0 Å². The Morgan fingerprint density at radius 1 is 1.33 bits per heavy atom. The molecule has 0 fully saturated rings. The minimum atomic E-state index is -4.51. The number of carboxylic acid groups (broad SMARTS) is 1. The molecular weight excluding hydrogens is 216 g/mol. The minimum Gasteiger partial charge on any atom is -0.478 e. The number of carbonyl (C=O) groups is 1. The van der Waals surface area contributed by atoms with Crippen LogP contribution in [0, 0.1) is 5.82 Å². The highest BCUT2D eigenvalue weighted by molar-refractivity contribution is 5.89. The maximum atomic E-state index is 12.6. The number of hydrogen-bond acceptors (Lipinski definition) is 1. The van der Waals surface area contributed by atoms with E-state index < -0.39 is 35.5 Å². The highest BCUT2D eigenvalue weighted by Crippen LogP contribution is 2.24. The second-order valence-electron chi connectivity index (χ2n) is 2.90. The van der Waals surface area contributed by atoms with Crippen molar-refractivity contribution in [3.05, 3.63) is 35.1 Å². The number of carboxylic acids is 1. The van der Waals surface area contributed by atoms with Gasteiger partial charge in [-0.2, -0.15) is 13.2 Å². The lowest BCUT2D eigenvalue weighted by atomic mass is 10.0. The lowest BCUT2D eigenvalue weighted by Crippen LogP contribution is -2.15. The van der Waals surface area contributed by atoms with E-state index in [4.69, 9.17) is 5.11 Å². The van der Waals surface area contributed by atoms with Crippen molar-refractivity contribution in [3.63, 3.8) is 0 Å². The summed E-state index contributed by atoms with van der Waals surface area (Å²) in [5.41, 5.74) is -1.11. The molecule has 0 radical (unpaired) electrons. The predicted octanol–water partition coefficient (Wildman–Crippen LogP) is 2.63. The third-order valence-corrected chi connectivity index (χ3v) is 1.69. The van der Waals surface area contributed by atoms with Gasteiger partial charge in [-0.1, -0.05) is 6.07 Å². The smallest absolute Gasteiger partial charge is 0.393 e. The van der Waals surface area contributed by atoms with Gasteiger partial charge in [0.1, 0.15) is 5.82 Å². The first-order valence-electron chi connectivity index (χ1n) is 3.88. The first-order valence-corrected chi connectivity index (χ1v) is 3.88. The molecule has 15 heavy (non-hydrogen) atoms. The predicted molar refractivity (Wildman–Crippen MR) is 43.1 cm³/mol. The van der Waals surface area contributed by atoms with E-state index in [1.165, 1.54) is 0 Å². The molecule has 1 aromatic carbocycles. The highest BCUT2D eigenvalue weighted by atomic mass is 19.4. The average Bonchev–Trinajstić information content (AvgIpc) is 2.05. The molecule has 0 atom stereocenters. The van der Waals surface area contributed by atoms with Crippen LogP contribution < -0.4 is 0 Å². The molecule has 0 heterocycles. The van der Waals surface area contributed by atoms with Crippen molar-refractivity contribution in [1.29, 1.82) is 0 Å². The Morgan fingerprint density at radius 3 is 2.40 bits per heavy atom. The Labute approximate surface area is 82.1 Å². The maximum absolute atomic E-state index is 12.6. The van der Waals surface area contributed by atoms with Crippen LogP contribution in [0.25, 0.3) is 0 Å². The SMILES string of the molecule is O=C(O)c1cc(F)ccc1CC(F)(F)F. The van der Waals surface area contributed by atoms with E-state index in [0.717, 1.165) is 12.1 Å². The van der Waals surface area contributed by atoms with Gasteiger partial charge in [0, 0.05) is 0 Å². The van der Waals surface area contributed by atoms with E-state index in [0.29, 0.717) is 6.07 Å². The van der Waals surface area contributed by atoms with Crippen molar-refractivity contribution < 1.29 is 27.5 Å². The second-order valence-corrected chi connectivity index (χ2v) is 2.90. The van der Waals surface area contributed by atoms with Gasteiger partial charge in [-0.3, -0.25) is 0 Å². The van der Waals surface area contributed by atoms with Gasteiger partial charge in [0.25, 0.3) is 0 Å². The highest BCUT2D eigenvalue weighted by Gasteiger charge is 2.29. The molecular formula is C9H6F4O2. The van der Waals surface area contributed by atoms with E-state index in [-0.39, 0.29) is 0 Å². The zero-order chi connectivity index (χ0) is 11.6. The summed E-state index contributed by atoms with van der Waals surface area (Å²) in [6, 6.07) is 2.20. The van der Waals surface area contributed by atoms with Gasteiger partial charge in [0.05, 0.1) is 12.0 Å². The molecule has 2 nitrogen and oxygen atoms in total. The fourth-order valence-electron chi connectivity index (χ4n) is 1.12. The van der Waals surface area contributed by atoms with Crippen LogP contribution in [0.5, 0.6) is 0 Å². The number of benzene rings is 1. The van der Waals surface area contributed by atoms with Crippen molar-refractivity contribution in [2.75, 3.05) is 0 Å². The number of hydrogen-bond donors (Lipinski definition) is 1. The molecule has 0 aromatic heterocycles. The molecule has 0 bridgehead atoms. The lowest BCUT2D eigenvalue weighted by Gasteiger charge is -2.08. The lowest BCUT2D eigenvalue weighted by molar-refractivity contribution is -0.127. The maximum Gasteiger partial charge on any atom is 0.393 e. The third kappa shape index (κ3) is 3.23. The summed E-state index contributed by atoms with van der Waals surface area (Å²) in [4.78, 5) is 10.5. The fourth-order valence-corrected chi connectivity index (χ4v) is 1.12. The van der Waals surface area contributed by atoms with Crippen LogP contribution in [0.1, 0.15) is 15.9 Å². The summed E-state index contributed by atoms with van der Waals surface area (Å²) in [6.07, 6.45) is -5.89. The van der Waals surface area contributed by atoms with Crippen LogP contribution in [0.3, 0.4) is 0 Å². The number of rotatable bonds is 2. The van der Waals surface area contributed by atoms with E-state index in [1.807, 2.05) is 0 Å². The average molecular weight is 222 g/mol. The molecule has 6 heteroatoms. The second kappa shape index (κ2) is 3.88. The van der Waals surface area contributed by atoms with Crippen LogP contribution in [0.4, 0.5) is 17.6 Å². The summed E-state index contributed by atoms with van der Waals surface area (Å²) in [5.74, 6) is -2.45. The van der Waals surface area contributed by atoms with Crippen molar-refractivity contribution >= 4 is 5.97 Å². The van der Waals surface area contributed by atoms with Crippen molar-refractivity contribution in [3.8, 4) is 0 Å². The van der Waals surface area contributed by atoms with Crippen molar-refractivity contribution in [2.45, 2.75) is 12.6 Å². The Hall–Kier alpha value is -1.59. The van der Waals surface area contributed by atoms with Gasteiger partial charge < -0.3 is 5.11 Å². The van der Waals surface area contributed by atoms with Gasteiger partial charge >= 0.3 is 12.1 Å². The van der Waals surface area contributed by atoms with Crippen LogP contribution in [-0.4, -0.2) is 17.3 Å². The Bertz CT molecular complexity index is 384. The molecule has 0 unspecified atom stereocenters. The van der Waals surface area contributed by atoms with Gasteiger partial charge in [-0.05, 0) is 17.7 Å². The number of aromatic carboxylic acids is 1. The molecule has 0 amide bonds. The Balaban J connectivity index is 3.12. The fraction of sp³-hybridized carbons (Fsp3) is 0.222. The summed E-state index contributed by atoms with van der Waals surface area (Å²) in [7, 11) is 0. The van der Waals surface area contributed by atoms with E-state index in [1.54, 1.807) is 0 Å². The molecule has 0 spiro atoms. The number of alkyl halides is 3. The van der Waals surface area contributed by atoms with E-state index in [9.17, 15) is 22.4 Å². The first kappa shape index (κ1) is 11.5. The van der Waals surface area contributed by atoms with Crippen LogP contribution in [0.2, 0.25) is 0 Å². The first-order chi connectivity index (χ1) is 6.79.